The summed E-state index contributed by atoms with van der Waals surface area (Å²) < 4.78 is 19.4. The van der Waals surface area contributed by atoms with Crippen LogP contribution in [0.1, 0.15) is 22.4 Å². The zero-order valence-corrected chi connectivity index (χ0v) is 13.5. The summed E-state index contributed by atoms with van der Waals surface area (Å²) >= 11 is 1.61. The van der Waals surface area contributed by atoms with Gasteiger partial charge in [-0.25, -0.2) is 4.39 Å². The Hall–Kier alpha value is -2.40. The van der Waals surface area contributed by atoms with Crippen molar-refractivity contribution in [3.8, 4) is 11.3 Å². The molecule has 0 N–H and O–H groups in total. The van der Waals surface area contributed by atoms with Crippen LogP contribution in [0.4, 0.5) is 4.39 Å². The van der Waals surface area contributed by atoms with E-state index in [1.807, 2.05) is 24.4 Å². The van der Waals surface area contributed by atoms with Gasteiger partial charge in [0.2, 0.25) is 0 Å². The number of nitrogens with zero attached hydrogens (tertiary/aromatic N) is 1. The van der Waals surface area contributed by atoms with Crippen molar-refractivity contribution < 1.29 is 13.6 Å². The van der Waals surface area contributed by atoms with Crippen molar-refractivity contribution in [3.05, 3.63) is 70.4 Å². The summed E-state index contributed by atoms with van der Waals surface area (Å²) in [6.07, 6.45) is 0. The van der Waals surface area contributed by atoms with Crippen molar-refractivity contribution in [1.82, 2.24) is 4.90 Å². The Morgan fingerprint density at radius 3 is 2.70 bits per heavy atom. The minimum Gasteiger partial charge on any atom is -0.451 e. The van der Waals surface area contributed by atoms with E-state index in [0.717, 1.165) is 4.88 Å². The van der Waals surface area contributed by atoms with E-state index in [1.165, 1.54) is 6.07 Å². The van der Waals surface area contributed by atoms with Gasteiger partial charge in [0.25, 0.3) is 5.91 Å². The van der Waals surface area contributed by atoms with Crippen LogP contribution in [0.2, 0.25) is 0 Å². The van der Waals surface area contributed by atoms with Gasteiger partial charge in [0.15, 0.2) is 5.76 Å². The molecule has 0 aliphatic rings. The lowest BCUT2D eigenvalue weighted by Gasteiger charge is -2.18. The first-order valence-corrected chi connectivity index (χ1v) is 8.23. The largest absolute Gasteiger partial charge is 0.451 e. The Labute approximate surface area is 138 Å². The number of rotatable bonds is 5. The molecule has 0 atom stereocenters. The molecule has 0 spiro atoms. The van der Waals surface area contributed by atoms with E-state index in [1.54, 1.807) is 46.6 Å². The summed E-state index contributed by atoms with van der Waals surface area (Å²) in [5.74, 6) is 0.0237. The minimum atomic E-state index is -0.369. The summed E-state index contributed by atoms with van der Waals surface area (Å²) in [7, 11) is 0. The van der Waals surface area contributed by atoms with E-state index >= 15 is 0 Å². The topological polar surface area (TPSA) is 33.5 Å². The van der Waals surface area contributed by atoms with Crippen molar-refractivity contribution in [2.45, 2.75) is 13.5 Å². The van der Waals surface area contributed by atoms with Crippen LogP contribution in [0.5, 0.6) is 0 Å². The molecule has 0 aliphatic heterocycles. The van der Waals surface area contributed by atoms with Crippen LogP contribution in [0, 0.1) is 5.82 Å². The van der Waals surface area contributed by atoms with Gasteiger partial charge in [-0.1, -0.05) is 18.2 Å². The van der Waals surface area contributed by atoms with Crippen LogP contribution in [-0.2, 0) is 6.54 Å². The van der Waals surface area contributed by atoms with Crippen molar-refractivity contribution in [3.63, 3.8) is 0 Å². The van der Waals surface area contributed by atoms with Crippen LogP contribution in [0.25, 0.3) is 11.3 Å². The van der Waals surface area contributed by atoms with Crippen LogP contribution >= 0.6 is 11.3 Å². The molecule has 3 nitrogen and oxygen atoms in total. The Balaban J connectivity index is 1.81. The second-order valence-corrected chi connectivity index (χ2v) is 6.07. The van der Waals surface area contributed by atoms with Crippen molar-refractivity contribution in [2.24, 2.45) is 0 Å². The van der Waals surface area contributed by atoms with Gasteiger partial charge >= 0.3 is 0 Å². The number of furan rings is 1. The average molecular weight is 329 g/mol. The Bertz CT molecular complexity index is 795. The predicted molar refractivity (Wildman–Crippen MR) is 88.8 cm³/mol. The number of carbonyl (C=O) groups excluding carboxylic acids is 1. The zero-order chi connectivity index (χ0) is 16.2. The number of hydrogen-bond acceptors (Lipinski definition) is 3. The van der Waals surface area contributed by atoms with Crippen LogP contribution in [-0.4, -0.2) is 17.4 Å². The van der Waals surface area contributed by atoms with Crippen molar-refractivity contribution in [1.29, 1.82) is 0 Å². The maximum Gasteiger partial charge on any atom is 0.289 e. The SMILES string of the molecule is CCN(Cc1cccs1)C(=O)c1ccc(-c2ccccc2F)o1. The molecule has 2 aromatic heterocycles. The molecule has 0 saturated carbocycles. The molecule has 2 heterocycles. The number of thiophene rings is 1. The third-order valence-corrected chi connectivity index (χ3v) is 4.41. The van der Waals surface area contributed by atoms with Crippen molar-refractivity contribution in [2.75, 3.05) is 6.54 Å². The highest BCUT2D eigenvalue weighted by atomic mass is 32.1. The molecule has 0 bridgehead atoms. The number of carbonyl (C=O) groups is 1. The summed E-state index contributed by atoms with van der Waals surface area (Å²) in [6.45, 7) is 3.04. The third-order valence-electron chi connectivity index (χ3n) is 3.55. The first-order chi connectivity index (χ1) is 11.2. The molecule has 0 fully saturated rings. The molecule has 3 aromatic rings. The third kappa shape index (κ3) is 3.35. The van der Waals surface area contributed by atoms with Gasteiger partial charge in [0, 0.05) is 11.4 Å². The van der Waals surface area contributed by atoms with Crippen LogP contribution in [0.15, 0.2) is 58.3 Å². The number of hydrogen-bond donors (Lipinski definition) is 0. The van der Waals surface area contributed by atoms with Gasteiger partial charge in [-0.15, -0.1) is 11.3 Å². The molecular formula is C18H16FNO2S. The van der Waals surface area contributed by atoms with E-state index in [4.69, 9.17) is 4.42 Å². The predicted octanol–water partition coefficient (Wildman–Crippen LogP) is 4.81. The van der Waals surface area contributed by atoms with Gasteiger partial charge < -0.3 is 9.32 Å². The Morgan fingerprint density at radius 1 is 1.17 bits per heavy atom. The van der Waals surface area contributed by atoms with E-state index < -0.39 is 0 Å². The fourth-order valence-corrected chi connectivity index (χ4v) is 3.05. The maximum absolute atomic E-state index is 13.8. The average Bonchev–Trinajstić information content (AvgIpc) is 3.24. The molecule has 1 aromatic carbocycles. The minimum absolute atomic E-state index is 0.191. The highest BCUT2D eigenvalue weighted by molar-refractivity contribution is 7.09. The lowest BCUT2D eigenvalue weighted by Crippen LogP contribution is -2.29. The van der Waals surface area contributed by atoms with Crippen molar-refractivity contribution >= 4 is 17.2 Å². The zero-order valence-electron chi connectivity index (χ0n) is 12.7. The van der Waals surface area contributed by atoms with Gasteiger partial charge in [0.05, 0.1) is 12.1 Å². The molecule has 0 saturated heterocycles. The monoisotopic (exact) mass is 329 g/mol. The van der Waals surface area contributed by atoms with Gasteiger partial charge in [-0.3, -0.25) is 4.79 Å². The summed E-state index contributed by atoms with van der Waals surface area (Å²) in [5, 5.41) is 1.98. The first kappa shape index (κ1) is 15.5. The van der Waals surface area contributed by atoms with Crippen LogP contribution < -0.4 is 0 Å². The fraction of sp³-hybridized carbons (Fsp3) is 0.167. The number of amides is 1. The second-order valence-electron chi connectivity index (χ2n) is 5.04. The summed E-state index contributed by atoms with van der Waals surface area (Å²) in [6, 6.07) is 13.5. The highest BCUT2D eigenvalue weighted by Crippen LogP contribution is 2.25. The fourth-order valence-electron chi connectivity index (χ4n) is 2.33. The molecule has 5 heteroatoms. The molecule has 23 heavy (non-hydrogen) atoms. The molecule has 0 aliphatic carbocycles. The quantitative estimate of drug-likeness (QED) is 0.673. The Kier molecular flexibility index (Phi) is 4.57. The Morgan fingerprint density at radius 2 is 2.00 bits per heavy atom. The maximum atomic E-state index is 13.8. The molecule has 3 rings (SSSR count). The van der Waals surface area contributed by atoms with E-state index in [2.05, 4.69) is 0 Å². The lowest BCUT2D eigenvalue weighted by atomic mass is 10.1. The standard InChI is InChI=1S/C18H16FNO2S/c1-2-20(12-13-6-5-11-23-13)18(21)17-10-9-16(22-17)14-7-3-4-8-15(14)19/h3-11H,2,12H2,1H3. The lowest BCUT2D eigenvalue weighted by molar-refractivity contribution is 0.0723. The smallest absolute Gasteiger partial charge is 0.289 e. The molecule has 0 radical (unpaired) electrons. The number of benzene rings is 1. The van der Waals surface area contributed by atoms with Gasteiger partial charge in [-0.2, -0.15) is 0 Å². The normalized spacial score (nSPS) is 10.7. The van der Waals surface area contributed by atoms with Crippen LogP contribution in [0.3, 0.4) is 0 Å². The molecule has 118 valence electrons. The second kappa shape index (κ2) is 6.79. The van der Waals surface area contributed by atoms with Gasteiger partial charge in [0.1, 0.15) is 11.6 Å². The molecule has 1 amide bonds. The van der Waals surface area contributed by atoms with Gasteiger partial charge in [-0.05, 0) is 42.6 Å². The number of halogens is 1. The highest BCUT2D eigenvalue weighted by Gasteiger charge is 2.19. The molecular weight excluding hydrogens is 313 g/mol. The van der Waals surface area contributed by atoms with E-state index in [9.17, 15) is 9.18 Å². The van der Waals surface area contributed by atoms with E-state index in [-0.39, 0.29) is 17.5 Å². The summed E-state index contributed by atoms with van der Waals surface area (Å²) in [4.78, 5) is 15.4. The summed E-state index contributed by atoms with van der Waals surface area (Å²) in [5.41, 5.74) is 0.354. The van der Waals surface area contributed by atoms with E-state index in [0.29, 0.717) is 24.4 Å². The molecule has 0 unspecified atom stereocenters. The first-order valence-electron chi connectivity index (χ1n) is 7.35.